The van der Waals surface area contributed by atoms with Crippen LogP contribution in [0.2, 0.25) is 0 Å². The zero-order valence-electron chi connectivity index (χ0n) is 36.6. The predicted octanol–water partition coefficient (Wildman–Crippen LogP) is 15.8. The number of hydrogen-bond acceptors (Lipinski definition) is 5. The topological polar surface area (TPSA) is 86.2 Å². The molecule has 0 N–H and O–H groups in total. The Morgan fingerprint density at radius 1 is 0.279 bits per heavy atom. The zero-order valence-corrected chi connectivity index (χ0v) is 36.6. The van der Waals surface area contributed by atoms with E-state index in [0.717, 1.165) is 72.3 Å². The van der Waals surface area contributed by atoms with Gasteiger partial charge in [0.2, 0.25) is 0 Å². The summed E-state index contributed by atoms with van der Waals surface area (Å²) in [5.41, 5.74) is 18.9. The summed E-state index contributed by atoms with van der Waals surface area (Å²) in [6.45, 7) is 0. The molecule has 10 aromatic carbocycles. The zero-order chi connectivity index (χ0) is 45.6. The van der Waals surface area contributed by atoms with Crippen LogP contribution in [0.15, 0.2) is 224 Å². The molecule has 1 aliphatic rings. The maximum atomic E-state index is 10.8. The molecule has 0 saturated carbocycles. The Kier molecular flexibility index (Phi) is 9.87. The Morgan fingerprint density at radius 3 is 1.46 bits per heavy atom. The summed E-state index contributed by atoms with van der Waals surface area (Å²) in [6, 6.07) is 81.6. The molecule has 0 saturated heterocycles. The Bertz CT molecular complexity index is 3860. The Labute approximate surface area is 394 Å². The van der Waals surface area contributed by atoms with Crippen molar-refractivity contribution in [3.8, 4) is 124 Å². The fourth-order valence-corrected chi connectivity index (χ4v) is 9.79. The minimum atomic E-state index is 0.548. The second kappa shape index (κ2) is 16.8. The first-order valence-corrected chi connectivity index (χ1v) is 22.5. The number of fused-ring (bicyclic) bond motifs is 3. The van der Waals surface area contributed by atoms with Gasteiger partial charge in [0.05, 0.1) is 23.3 Å². The van der Waals surface area contributed by atoms with Crippen LogP contribution < -0.4 is 0 Å². The summed E-state index contributed by atoms with van der Waals surface area (Å²) in [7, 11) is 0. The van der Waals surface area contributed by atoms with Crippen LogP contribution in [0, 0.1) is 22.7 Å². The third-order valence-corrected chi connectivity index (χ3v) is 13.0. The summed E-state index contributed by atoms with van der Waals surface area (Å²) in [5, 5.41) is 22.5. The Morgan fingerprint density at radius 2 is 0.765 bits per heavy atom. The Hall–Kier alpha value is -9.55. The van der Waals surface area contributed by atoms with Crippen molar-refractivity contribution in [3.05, 3.63) is 236 Å². The summed E-state index contributed by atoms with van der Waals surface area (Å²) >= 11 is 0. The second-order valence-corrected chi connectivity index (χ2v) is 16.9. The molecule has 11 aromatic rings. The Balaban J connectivity index is 0.964. The number of nitrogens with zero attached hydrogens (tertiary/aromatic N) is 5. The van der Waals surface area contributed by atoms with Gasteiger partial charge >= 0.3 is 0 Å². The number of benzene rings is 10. The van der Waals surface area contributed by atoms with E-state index in [1.165, 1.54) is 33.0 Å². The molecule has 5 heteroatoms. The minimum Gasteiger partial charge on any atom is -0.208 e. The van der Waals surface area contributed by atoms with Crippen molar-refractivity contribution < 1.29 is 0 Å². The summed E-state index contributed by atoms with van der Waals surface area (Å²) in [4.78, 5) is 15.3. The number of aromatic nitrogens is 3. The van der Waals surface area contributed by atoms with Gasteiger partial charge in [-0.3, -0.25) is 0 Å². The van der Waals surface area contributed by atoms with E-state index in [1.54, 1.807) is 0 Å². The highest BCUT2D eigenvalue weighted by atomic mass is 15.0. The first-order chi connectivity index (χ1) is 33.6. The molecule has 0 amide bonds. The van der Waals surface area contributed by atoms with Gasteiger partial charge in [-0.15, -0.1) is 0 Å². The average molecular weight is 864 g/mol. The van der Waals surface area contributed by atoms with E-state index in [-0.39, 0.29) is 0 Å². The molecule has 0 fully saturated rings. The first kappa shape index (κ1) is 40.0. The molecule has 1 aliphatic carbocycles. The summed E-state index contributed by atoms with van der Waals surface area (Å²) < 4.78 is 0. The smallest absolute Gasteiger partial charge is 0.164 e. The van der Waals surface area contributed by atoms with Crippen molar-refractivity contribution in [1.82, 2.24) is 15.0 Å². The highest BCUT2D eigenvalue weighted by molar-refractivity contribution is 6.17. The lowest BCUT2D eigenvalue weighted by atomic mass is 9.85. The van der Waals surface area contributed by atoms with Crippen LogP contribution in [0.25, 0.3) is 123 Å². The average Bonchev–Trinajstić information content (AvgIpc) is 3.75. The third kappa shape index (κ3) is 7.00. The highest BCUT2D eigenvalue weighted by Crippen LogP contribution is 2.50. The minimum absolute atomic E-state index is 0.548. The van der Waals surface area contributed by atoms with Gasteiger partial charge in [0.15, 0.2) is 17.5 Å². The molecule has 1 heterocycles. The van der Waals surface area contributed by atoms with Crippen LogP contribution in [0.4, 0.5) is 0 Å². The van der Waals surface area contributed by atoms with E-state index in [4.69, 9.17) is 15.0 Å². The van der Waals surface area contributed by atoms with Crippen molar-refractivity contribution in [2.24, 2.45) is 0 Å². The van der Waals surface area contributed by atoms with Crippen molar-refractivity contribution in [2.75, 3.05) is 0 Å². The van der Waals surface area contributed by atoms with E-state index in [9.17, 15) is 10.5 Å². The van der Waals surface area contributed by atoms with Gasteiger partial charge in [0.25, 0.3) is 0 Å². The molecule has 5 nitrogen and oxygen atoms in total. The van der Waals surface area contributed by atoms with Gasteiger partial charge in [0.1, 0.15) is 0 Å². The fraction of sp³-hybridized carbons (Fsp3) is 0. The molecule has 0 spiro atoms. The van der Waals surface area contributed by atoms with E-state index in [0.29, 0.717) is 28.6 Å². The lowest BCUT2D eigenvalue weighted by molar-refractivity contribution is 1.07. The summed E-state index contributed by atoms with van der Waals surface area (Å²) in [5.74, 6) is 1.67. The number of hydrogen-bond donors (Lipinski definition) is 0. The summed E-state index contributed by atoms with van der Waals surface area (Å²) in [6.07, 6.45) is 0. The van der Waals surface area contributed by atoms with Gasteiger partial charge in [-0.05, 0) is 119 Å². The van der Waals surface area contributed by atoms with Crippen LogP contribution >= 0.6 is 0 Å². The van der Waals surface area contributed by atoms with Crippen molar-refractivity contribution in [3.63, 3.8) is 0 Å². The maximum absolute atomic E-state index is 10.8. The van der Waals surface area contributed by atoms with Crippen LogP contribution in [-0.4, -0.2) is 15.0 Å². The fourth-order valence-electron chi connectivity index (χ4n) is 9.79. The van der Waals surface area contributed by atoms with Crippen LogP contribution in [0.5, 0.6) is 0 Å². The molecular formula is C63H37N5. The first-order valence-electron chi connectivity index (χ1n) is 22.5. The molecular weight excluding hydrogens is 827 g/mol. The molecule has 1 aromatic heterocycles. The normalized spacial score (nSPS) is 11.2. The third-order valence-electron chi connectivity index (χ3n) is 13.0. The van der Waals surface area contributed by atoms with Crippen molar-refractivity contribution >= 4 is 10.8 Å². The number of rotatable bonds is 8. The van der Waals surface area contributed by atoms with Gasteiger partial charge in [-0.25, -0.2) is 15.0 Å². The highest BCUT2D eigenvalue weighted by Gasteiger charge is 2.24. The van der Waals surface area contributed by atoms with E-state index in [2.05, 4.69) is 146 Å². The molecule has 0 atom stereocenters. The van der Waals surface area contributed by atoms with Crippen molar-refractivity contribution in [1.29, 1.82) is 10.5 Å². The molecule has 314 valence electrons. The lowest BCUT2D eigenvalue weighted by Gasteiger charge is -2.18. The van der Waals surface area contributed by atoms with Crippen LogP contribution in [-0.2, 0) is 0 Å². The van der Waals surface area contributed by atoms with Gasteiger partial charge in [0, 0.05) is 22.3 Å². The van der Waals surface area contributed by atoms with E-state index in [1.807, 2.05) is 91.0 Å². The monoisotopic (exact) mass is 863 g/mol. The van der Waals surface area contributed by atoms with E-state index < -0.39 is 0 Å². The van der Waals surface area contributed by atoms with Gasteiger partial charge in [-0.2, -0.15) is 10.5 Å². The van der Waals surface area contributed by atoms with E-state index >= 15 is 0 Å². The quantitative estimate of drug-likeness (QED) is 0.152. The molecule has 0 bridgehead atoms. The largest absolute Gasteiger partial charge is 0.208 e. The standard InChI is InChI=1S/C63H37N5/c64-38-40-27-29-41(30-28-40)42-31-33-44(34-32-42)62-66-61(43-13-2-1-3-14-43)67-63(68-62)57-24-9-5-19-50(57)45-15-10-16-46(35-45)59-48(39-65)18-12-25-55(59)52-21-6-4-20-51(52)49-36-47-17-11-26-56-53-22-7-8-23-54(53)58(37-49)60(47)56/h1-37H. The van der Waals surface area contributed by atoms with Gasteiger partial charge < -0.3 is 0 Å². The van der Waals surface area contributed by atoms with Crippen LogP contribution in [0.1, 0.15) is 11.1 Å². The maximum Gasteiger partial charge on any atom is 0.164 e. The number of nitriles is 2. The predicted molar refractivity (Wildman–Crippen MR) is 275 cm³/mol. The van der Waals surface area contributed by atoms with Gasteiger partial charge in [-0.1, -0.05) is 188 Å². The lowest BCUT2D eigenvalue weighted by Crippen LogP contribution is -2.01. The van der Waals surface area contributed by atoms with Crippen molar-refractivity contribution in [2.45, 2.75) is 0 Å². The second-order valence-electron chi connectivity index (χ2n) is 16.9. The molecule has 0 radical (unpaired) electrons. The SMILES string of the molecule is N#Cc1ccc(-c2ccc(-c3nc(-c4ccccc4)nc(-c4ccccc4-c4cccc(-c5c(C#N)cccc5-c5ccccc5-c5cc6c7c(cccc7c5)-c5ccccc5-6)c4)n3)cc2)cc1. The molecule has 0 aliphatic heterocycles. The molecule has 12 rings (SSSR count). The molecule has 0 unspecified atom stereocenters. The van der Waals surface area contributed by atoms with Crippen LogP contribution in [0.3, 0.4) is 0 Å². The molecule has 68 heavy (non-hydrogen) atoms.